The fourth-order valence-electron chi connectivity index (χ4n) is 2.25. The predicted molar refractivity (Wildman–Crippen MR) is 55.5 cm³/mol. The quantitative estimate of drug-likeness (QED) is 0.647. The van der Waals surface area contributed by atoms with Gasteiger partial charge >= 0.3 is 0 Å². The van der Waals surface area contributed by atoms with Crippen molar-refractivity contribution >= 4 is 0 Å². The Bertz CT molecular complexity index is 143. The van der Waals surface area contributed by atoms with Gasteiger partial charge in [-0.3, -0.25) is 0 Å². The third-order valence-electron chi connectivity index (χ3n) is 3.22. The van der Waals surface area contributed by atoms with E-state index in [1.807, 2.05) is 13.8 Å². The van der Waals surface area contributed by atoms with Crippen molar-refractivity contribution in [1.82, 2.24) is 0 Å². The van der Waals surface area contributed by atoms with Crippen LogP contribution in [-0.4, -0.2) is 16.7 Å². The molecule has 3 N–H and O–H groups in total. The van der Waals surface area contributed by atoms with Crippen LogP contribution >= 0.6 is 0 Å². The maximum absolute atomic E-state index is 9.81. The van der Waals surface area contributed by atoms with E-state index in [9.17, 15) is 5.11 Å². The molecule has 1 atom stereocenters. The van der Waals surface area contributed by atoms with Crippen molar-refractivity contribution in [3.63, 3.8) is 0 Å². The van der Waals surface area contributed by atoms with Crippen LogP contribution < -0.4 is 5.73 Å². The molecule has 0 radical (unpaired) electrons. The molecule has 2 heteroatoms. The van der Waals surface area contributed by atoms with Gasteiger partial charge < -0.3 is 10.8 Å². The second kappa shape index (κ2) is 4.43. The topological polar surface area (TPSA) is 46.2 Å². The summed E-state index contributed by atoms with van der Waals surface area (Å²) in [6.45, 7) is 3.64. The Hall–Kier alpha value is -0.0800. The highest BCUT2D eigenvalue weighted by molar-refractivity contribution is 4.87. The molecule has 1 fully saturated rings. The highest BCUT2D eigenvalue weighted by atomic mass is 16.3. The van der Waals surface area contributed by atoms with Gasteiger partial charge in [-0.25, -0.2) is 0 Å². The van der Waals surface area contributed by atoms with Gasteiger partial charge in [0.2, 0.25) is 0 Å². The molecular weight excluding hydrogens is 162 g/mol. The van der Waals surface area contributed by atoms with E-state index in [-0.39, 0.29) is 6.04 Å². The van der Waals surface area contributed by atoms with Crippen LogP contribution in [0.15, 0.2) is 0 Å². The largest absolute Gasteiger partial charge is 0.389 e. The first-order chi connectivity index (χ1) is 6.02. The molecule has 0 saturated heterocycles. The van der Waals surface area contributed by atoms with Gasteiger partial charge in [-0.05, 0) is 32.6 Å². The molecule has 0 spiro atoms. The molecule has 0 amide bonds. The molecule has 1 aliphatic rings. The standard InChI is InChI=1S/C11H23NO/c1-11(2,13)10(12)9-7-5-3-4-6-8-9/h9-10,13H,3-8,12H2,1-2H3. The number of hydrogen-bond acceptors (Lipinski definition) is 2. The van der Waals surface area contributed by atoms with Crippen molar-refractivity contribution in [3.8, 4) is 0 Å². The summed E-state index contributed by atoms with van der Waals surface area (Å²) in [5.74, 6) is 0.530. The second-order valence-electron chi connectivity index (χ2n) is 4.93. The minimum Gasteiger partial charge on any atom is -0.389 e. The lowest BCUT2D eigenvalue weighted by atomic mass is 9.83. The van der Waals surface area contributed by atoms with E-state index < -0.39 is 5.60 Å². The van der Waals surface area contributed by atoms with E-state index in [0.29, 0.717) is 5.92 Å². The van der Waals surface area contributed by atoms with E-state index in [1.165, 1.54) is 38.5 Å². The monoisotopic (exact) mass is 185 g/mol. The van der Waals surface area contributed by atoms with Gasteiger partial charge in [0.15, 0.2) is 0 Å². The molecule has 13 heavy (non-hydrogen) atoms. The Morgan fingerprint density at radius 2 is 1.62 bits per heavy atom. The summed E-state index contributed by atoms with van der Waals surface area (Å²) in [5, 5.41) is 9.81. The van der Waals surface area contributed by atoms with Crippen molar-refractivity contribution < 1.29 is 5.11 Å². The van der Waals surface area contributed by atoms with Crippen molar-refractivity contribution in [2.24, 2.45) is 11.7 Å². The van der Waals surface area contributed by atoms with Crippen LogP contribution in [0, 0.1) is 5.92 Å². The summed E-state index contributed by atoms with van der Waals surface area (Å²) in [4.78, 5) is 0. The Morgan fingerprint density at radius 3 is 2.00 bits per heavy atom. The fraction of sp³-hybridized carbons (Fsp3) is 1.00. The van der Waals surface area contributed by atoms with Crippen LogP contribution in [0.2, 0.25) is 0 Å². The van der Waals surface area contributed by atoms with Crippen molar-refractivity contribution in [3.05, 3.63) is 0 Å². The first-order valence-corrected chi connectivity index (χ1v) is 5.50. The zero-order chi connectivity index (χ0) is 9.90. The Balaban J connectivity index is 2.48. The van der Waals surface area contributed by atoms with E-state index in [2.05, 4.69) is 0 Å². The number of aliphatic hydroxyl groups is 1. The average Bonchev–Trinajstić information content (AvgIpc) is 2.28. The molecule has 0 aromatic carbocycles. The second-order valence-corrected chi connectivity index (χ2v) is 4.93. The van der Waals surface area contributed by atoms with Crippen LogP contribution in [0.5, 0.6) is 0 Å². The van der Waals surface area contributed by atoms with Crippen LogP contribution in [0.4, 0.5) is 0 Å². The van der Waals surface area contributed by atoms with Crippen LogP contribution in [0.3, 0.4) is 0 Å². The first-order valence-electron chi connectivity index (χ1n) is 5.50. The molecular formula is C11H23NO. The van der Waals surface area contributed by atoms with Crippen LogP contribution in [0.1, 0.15) is 52.4 Å². The summed E-state index contributed by atoms with van der Waals surface area (Å²) >= 11 is 0. The normalized spacial score (nSPS) is 24.0. The Labute approximate surface area is 81.5 Å². The highest BCUT2D eigenvalue weighted by Gasteiger charge is 2.30. The molecule has 0 bridgehead atoms. The lowest BCUT2D eigenvalue weighted by Gasteiger charge is -2.32. The maximum atomic E-state index is 9.81. The Morgan fingerprint density at radius 1 is 1.15 bits per heavy atom. The smallest absolute Gasteiger partial charge is 0.0744 e. The number of nitrogens with two attached hydrogens (primary N) is 1. The van der Waals surface area contributed by atoms with Gasteiger partial charge in [0, 0.05) is 6.04 Å². The zero-order valence-electron chi connectivity index (χ0n) is 8.92. The molecule has 78 valence electrons. The molecule has 0 aliphatic heterocycles. The van der Waals surface area contributed by atoms with Gasteiger partial charge in [0.25, 0.3) is 0 Å². The predicted octanol–water partition coefficient (Wildman–Crippen LogP) is 2.05. The SMILES string of the molecule is CC(C)(O)C(N)C1CCCCCC1. The summed E-state index contributed by atoms with van der Waals surface area (Å²) in [7, 11) is 0. The summed E-state index contributed by atoms with van der Waals surface area (Å²) in [6, 6.07) is -0.0504. The third-order valence-corrected chi connectivity index (χ3v) is 3.22. The lowest BCUT2D eigenvalue weighted by molar-refractivity contribution is 0.0272. The van der Waals surface area contributed by atoms with E-state index in [4.69, 9.17) is 5.73 Å². The number of rotatable bonds is 2. The lowest BCUT2D eigenvalue weighted by Crippen LogP contribution is -2.48. The summed E-state index contributed by atoms with van der Waals surface area (Å²) < 4.78 is 0. The van der Waals surface area contributed by atoms with Gasteiger partial charge in [0.05, 0.1) is 5.60 Å². The van der Waals surface area contributed by atoms with Gasteiger partial charge in [0.1, 0.15) is 0 Å². The zero-order valence-corrected chi connectivity index (χ0v) is 8.92. The molecule has 0 heterocycles. The minimum absolute atomic E-state index is 0.0504. The van der Waals surface area contributed by atoms with Gasteiger partial charge in [-0.2, -0.15) is 0 Å². The molecule has 2 nitrogen and oxygen atoms in total. The first kappa shape index (κ1) is 11.0. The molecule has 0 aromatic rings. The van der Waals surface area contributed by atoms with Gasteiger partial charge in [-0.1, -0.05) is 25.7 Å². The molecule has 0 aromatic heterocycles. The average molecular weight is 185 g/mol. The fourth-order valence-corrected chi connectivity index (χ4v) is 2.25. The van der Waals surface area contributed by atoms with Crippen molar-refractivity contribution in [1.29, 1.82) is 0 Å². The van der Waals surface area contributed by atoms with Crippen molar-refractivity contribution in [2.75, 3.05) is 0 Å². The summed E-state index contributed by atoms with van der Waals surface area (Å²) in [5.41, 5.74) is 5.33. The minimum atomic E-state index is -0.713. The molecule has 1 aliphatic carbocycles. The maximum Gasteiger partial charge on any atom is 0.0744 e. The van der Waals surface area contributed by atoms with Crippen LogP contribution in [-0.2, 0) is 0 Å². The summed E-state index contributed by atoms with van der Waals surface area (Å²) in [6.07, 6.45) is 7.66. The van der Waals surface area contributed by atoms with Crippen molar-refractivity contribution in [2.45, 2.75) is 64.0 Å². The molecule has 1 saturated carbocycles. The van der Waals surface area contributed by atoms with E-state index in [0.717, 1.165) is 0 Å². The molecule has 1 rings (SSSR count). The number of hydrogen-bond donors (Lipinski definition) is 2. The molecule has 1 unspecified atom stereocenters. The highest BCUT2D eigenvalue weighted by Crippen LogP contribution is 2.28. The van der Waals surface area contributed by atoms with Crippen LogP contribution in [0.25, 0.3) is 0 Å². The van der Waals surface area contributed by atoms with E-state index >= 15 is 0 Å². The van der Waals surface area contributed by atoms with E-state index in [1.54, 1.807) is 0 Å². The Kier molecular flexibility index (Phi) is 3.74. The third kappa shape index (κ3) is 3.28. The van der Waals surface area contributed by atoms with Gasteiger partial charge in [-0.15, -0.1) is 0 Å².